The van der Waals surface area contributed by atoms with Crippen LogP contribution in [0.2, 0.25) is 10.0 Å². The molecule has 2 aliphatic carbocycles. The van der Waals surface area contributed by atoms with E-state index in [4.69, 9.17) is 43.6 Å². The van der Waals surface area contributed by atoms with Gasteiger partial charge in [-0.15, -0.1) is 12.4 Å². The van der Waals surface area contributed by atoms with Crippen LogP contribution in [0.25, 0.3) is 44.3 Å². The summed E-state index contributed by atoms with van der Waals surface area (Å²) in [5, 5.41) is 19.2. The first kappa shape index (κ1) is 57.3. The van der Waals surface area contributed by atoms with E-state index in [9.17, 15) is 14.4 Å². The monoisotopic (exact) mass is 1100 g/mol. The first-order chi connectivity index (χ1) is 35.9. The lowest BCUT2D eigenvalue weighted by atomic mass is 9.80. The lowest BCUT2D eigenvalue weighted by Crippen LogP contribution is -2.51. The molecule has 4 atom stereocenters. The van der Waals surface area contributed by atoms with Crippen molar-refractivity contribution in [2.45, 2.75) is 122 Å². The first-order valence-corrected chi connectivity index (χ1v) is 26.0. The number of anilines is 4. The highest BCUT2D eigenvalue weighted by molar-refractivity contribution is 6.33. The van der Waals surface area contributed by atoms with Gasteiger partial charge in [0.05, 0.1) is 33.8 Å². The van der Waals surface area contributed by atoms with Crippen molar-refractivity contribution in [3.8, 4) is 22.5 Å². The third-order valence-corrected chi connectivity index (χ3v) is 14.1. The molecule has 8 aromatic rings. The fraction of sp³-hybridized carbons (Fsp3) is 0.328. The highest BCUT2D eigenvalue weighted by Gasteiger charge is 2.36. The third-order valence-electron chi connectivity index (χ3n) is 13.6. The number of para-hydroxylation sites is 2. The summed E-state index contributed by atoms with van der Waals surface area (Å²) in [6, 6.07) is 30.0. The largest absolute Gasteiger partial charge is 0.444 e. The maximum absolute atomic E-state index is 13.1. The standard InChI is InChI=1S/C31H35ClN6O3.C26H27ClN6O.CH4.ClH/c1-30(2,3)41-29(40)36-20-13-11-19(12-14-20)27(39)38-31(4)15-7-8-21(16-31)35-28-34-18-24(32)26(37-28)23-17-33-25-10-6-5-9-22(23)25;1-26(33-24(34)16-8-10-17(28)11-9-16)12-4-5-18(13-26)31-25-30-15-21(27)23(32-25)20-14-29-22-7-3-2-6-19(20)22;;/h5-6,9-14,17-18,21,33H,7-8,15-16H2,1-4H3,(H,36,40)(H,38,39)(H,34,35,37);2-3,6-11,14-15,18,29H,4-5,12-13,28H2,1H3,(H,33,34)(H,30,31,32);1H4;1H. The van der Waals surface area contributed by atoms with E-state index in [-0.39, 0.29) is 49.3 Å². The van der Waals surface area contributed by atoms with E-state index in [2.05, 4.69) is 60.4 Å². The Kier molecular flexibility index (Phi) is 18.1. The molecule has 2 saturated carbocycles. The zero-order valence-electron chi connectivity index (χ0n) is 43.0. The van der Waals surface area contributed by atoms with Crippen LogP contribution in [0.5, 0.6) is 0 Å². The molecule has 0 aliphatic heterocycles. The van der Waals surface area contributed by atoms with E-state index >= 15 is 0 Å². The van der Waals surface area contributed by atoms with Crippen molar-refractivity contribution in [2.75, 3.05) is 21.7 Å². The number of H-pyrrole nitrogens is 2. The van der Waals surface area contributed by atoms with E-state index in [0.29, 0.717) is 62.3 Å². The maximum Gasteiger partial charge on any atom is 0.412 e. The minimum absolute atomic E-state index is 0. The molecule has 0 radical (unpaired) electrons. The number of hydrogen-bond donors (Lipinski definition) is 8. The van der Waals surface area contributed by atoms with Crippen molar-refractivity contribution in [2.24, 2.45) is 0 Å². The molecular formula is C58H67Cl3N12O4. The molecule has 4 aromatic carbocycles. The quantitative estimate of drug-likeness (QED) is 0.0568. The highest BCUT2D eigenvalue weighted by Crippen LogP contribution is 2.36. The topological polar surface area (TPSA) is 230 Å². The number of amides is 3. The second-order valence-corrected chi connectivity index (χ2v) is 21.8. The van der Waals surface area contributed by atoms with Gasteiger partial charge in [0.2, 0.25) is 11.9 Å². The second kappa shape index (κ2) is 24.3. The number of hydrogen-bond acceptors (Lipinski definition) is 11. The van der Waals surface area contributed by atoms with E-state index in [1.807, 2.05) is 60.9 Å². The Morgan fingerprint density at radius 2 is 1.09 bits per heavy atom. The molecule has 10 rings (SSSR count). The van der Waals surface area contributed by atoms with Gasteiger partial charge in [-0.25, -0.2) is 24.7 Å². The Hall–Kier alpha value is -7.40. The van der Waals surface area contributed by atoms with Crippen molar-refractivity contribution >= 4 is 98.6 Å². The molecule has 0 spiro atoms. The molecule has 2 fully saturated rings. The van der Waals surface area contributed by atoms with Gasteiger partial charge in [-0.2, -0.15) is 0 Å². The summed E-state index contributed by atoms with van der Waals surface area (Å²) in [4.78, 5) is 62.9. The first-order valence-electron chi connectivity index (χ1n) is 25.2. The predicted molar refractivity (Wildman–Crippen MR) is 313 cm³/mol. The van der Waals surface area contributed by atoms with Crippen LogP contribution >= 0.6 is 35.6 Å². The molecule has 0 saturated heterocycles. The molecule has 3 amide bonds. The third kappa shape index (κ3) is 14.4. The maximum atomic E-state index is 13.1. The van der Waals surface area contributed by atoms with Gasteiger partial charge in [0.1, 0.15) is 5.60 Å². The Bertz CT molecular complexity index is 3340. The summed E-state index contributed by atoms with van der Waals surface area (Å²) < 4.78 is 5.28. The molecule has 4 aromatic heterocycles. The number of nitrogens with zero attached hydrogens (tertiary/aromatic N) is 4. The zero-order chi connectivity index (χ0) is 52.9. The van der Waals surface area contributed by atoms with Crippen LogP contribution in [0, 0.1) is 0 Å². The van der Waals surface area contributed by atoms with Crippen molar-refractivity contribution in [3.05, 3.63) is 143 Å². The number of nitrogen functional groups attached to an aromatic ring is 1. The number of carbonyl (C=O) groups excluding carboxylic acids is 3. The minimum Gasteiger partial charge on any atom is -0.444 e. The molecule has 2 aliphatic rings. The molecule has 77 heavy (non-hydrogen) atoms. The van der Waals surface area contributed by atoms with Crippen molar-refractivity contribution < 1.29 is 19.1 Å². The summed E-state index contributed by atoms with van der Waals surface area (Å²) in [5.41, 5.74) is 12.0. The highest BCUT2D eigenvalue weighted by atomic mass is 35.5. The lowest BCUT2D eigenvalue weighted by molar-refractivity contribution is 0.0635. The number of nitrogens with one attached hydrogen (secondary N) is 7. The summed E-state index contributed by atoms with van der Waals surface area (Å²) in [7, 11) is 0. The number of ether oxygens (including phenoxy) is 1. The summed E-state index contributed by atoms with van der Waals surface area (Å²) in [6.45, 7) is 9.57. The normalized spacial score (nSPS) is 19.1. The predicted octanol–water partition coefficient (Wildman–Crippen LogP) is 13.6. The number of fused-ring (bicyclic) bond motifs is 2. The van der Waals surface area contributed by atoms with Crippen molar-refractivity contribution in [1.29, 1.82) is 0 Å². The lowest BCUT2D eigenvalue weighted by Gasteiger charge is -2.39. The van der Waals surface area contributed by atoms with Crippen molar-refractivity contribution in [1.82, 2.24) is 40.5 Å². The summed E-state index contributed by atoms with van der Waals surface area (Å²) >= 11 is 13.0. The number of aromatic nitrogens is 6. The van der Waals surface area contributed by atoms with Crippen LogP contribution in [0.15, 0.2) is 122 Å². The van der Waals surface area contributed by atoms with Gasteiger partial charge in [-0.05, 0) is 147 Å². The SMILES string of the molecule is C.CC1(NC(=O)c2ccc(N)cc2)CCCC(Nc2ncc(Cl)c(-c3c[nH]c4ccccc34)n2)C1.CC1(NC(=O)c2ccc(NC(=O)OC(C)(C)C)cc2)CCCC(Nc2ncc(Cl)c(-c3c[nH]c4ccccc34)n2)C1.Cl. The van der Waals surface area contributed by atoms with Crippen molar-refractivity contribution in [3.63, 3.8) is 0 Å². The second-order valence-electron chi connectivity index (χ2n) is 21.0. The van der Waals surface area contributed by atoms with E-state index in [1.54, 1.807) is 81.7 Å². The van der Waals surface area contributed by atoms with E-state index in [1.165, 1.54) is 0 Å². The molecule has 16 nitrogen and oxygen atoms in total. The average molecular weight is 1100 g/mol. The Labute approximate surface area is 465 Å². The molecule has 19 heteroatoms. The number of carbonyl (C=O) groups is 3. The van der Waals surface area contributed by atoms with Crippen LogP contribution < -0.4 is 32.3 Å². The van der Waals surface area contributed by atoms with E-state index in [0.717, 1.165) is 77.9 Å². The molecule has 4 heterocycles. The van der Waals surface area contributed by atoms with E-state index < -0.39 is 17.2 Å². The van der Waals surface area contributed by atoms with Gasteiger partial charge < -0.3 is 41.7 Å². The average Bonchev–Trinajstić information content (AvgIpc) is 4.01. The van der Waals surface area contributed by atoms with Crippen LogP contribution in [0.4, 0.5) is 28.1 Å². The molecule has 4 unspecified atom stereocenters. The van der Waals surface area contributed by atoms with Crippen LogP contribution in [0.3, 0.4) is 0 Å². The summed E-state index contributed by atoms with van der Waals surface area (Å²) in [5.74, 6) is 0.779. The summed E-state index contributed by atoms with van der Waals surface area (Å²) in [6.07, 6.45) is 13.6. The van der Waals surface area contributed by atoms with Gasteiger partial charge in [0, 0.05) is 91.0 Å². The Balaban J connectivity index is 0.000000221. The van der Waals surface area contributed by atoms with Gasteiger partial charge >= 0.3 is 6.09 Å². The number of rotatable bonds is 11. The smallest absolute Gasteiger partial charge is 0.412 e. The zero-order valence-corrected chi connectivity index (χ0v) is 45.4. The van der Waals surface area contributed by atoms with Gasteiger partial charge in [0.25, 0.3) is 11.8 Å². The van der Waals surface area contributed by atoms with Gasteiger partial charge in [0.15, 0.2) is 0 Å². The molecule has 9 N–H and O–H groups in total. The van der Waals surface area contributed by atoms with Crippen LogP contribution in [0.1, 0.15) is 114 Å². The number of nitrogens with two attached hydrogens (primary N) is 1. The minimum atomic E-state index is -0.592. The Morgan fingerprint density at radius 1 is 0.662 bits per heavy atom. The fourth-order valence-electron chi connectivity index (χ4n) is 10.1. The van der Waals surface area contributed by atoms with Crippen LogP contribution in [-0.2, 0) is 4.74 Å². The Morgan fingerprint density at radius 3 is 1.53 bits per heavy atom. The molecule has 404 valence electrons. The fourth-order valence-corrected chi connectivity index (χ4v) is 10.4. The number of halogens is 3. The van der Waals surface area contributed by atoms with Crippen LogP contribution in [-0.4, -0.2) is 76.6 Å². The molecular weight excluding hydrogens is 1040 g/mol. The van der Waals surface area contributed by atoms with Gasteiger partial charge in [-0.1, -0.05) is 67.0 Å². The number of aromatic amines is 2. The van der Waals surface area contributed by atoms with Gasteiger partial charge in [-0.3, -0.25) is 14.9 Å². The number of benzene rings is 4. The molecule has 0 bridgehead atoms.